The third-order valence-electron chi connectivity index (χ3n) is 5.92. The first-order valence-corrected chi connectivity index (χ1v) is 10.2. The van der Waals surface area contributed by atoms with Crippen LogP contribution < -0.4 is 0 Å². The first kappa shape index (κ1) is 17.6. The maximum absolute atomic E-state index is 12.9. The lowest BCUT2D eigenvalue weighted by molar-refractivity contribution is -0.137. The minimum atomic E-state index is 0.250. The highest BCUT2D eigenvalue weighted by Gasteiger charge is 2.31. The van der Waals surface area contributed by atoms with E-state index in [1.807, 2.05) is 30.5 Å². The van der Waals surface area contributed by atoms with E-state index in [1.165, 1.54) is 19.3 Å². The molecule has 1 saturated carbocycles. The zero-order chi connectivity index (χ0) is 17.9. The number of H-pyrrole nitrogens is 1. The third kappa shape index (κ3) is 3.66. The van der Waals surface area contributed by atoms with Crippen LogP contribution in [0, 0.1) is 5.92 Å². The molecule has 0 bridgehead atoms. The number of likely N-dealkylation sites (tertiary alicyclic amines) is 1. The van der Waals surface area contributed by atoms with Crippen molar-refractivity contribution in [2.24, 2.45) is 5.92 Å². The lowest BCUT2D eigenvalue weighted by Gasteiger charge is -2.36. The van der Waals surface area contributed by atoms with Crippen molar-refractivity contribution in [3.63, 3.8) is 0 Å². The number of halogens is 1. The maximum Gasteiger partial charge on any atom is 0.225 e. The molecule has 0 radical (unpaired) electrons. The number of aromatic amines is 1. The summed E-state index contributed by atoms with van der Waals surface area (Å²) in [6, 6.07) is 7.88. The lowest BCUT2D eigenvalue weighted by atomic mass is 9.86. The predicted molar refractivity (Wildman–Crippen MR) is 104 cm³/mol. The summed E-state index contributed by atoms with van der Waals surface area (Å²) in [4.78, 5) is 15.1. The molecule has 1 aromatic heterocycles. The summed E-state index contributed by atoms with van der Waals surface area (Å²) < 4.78 is 0. The van der Waals surface area contributed by atoms with Gasteiger partial charge in [0.2, 0.25) is 5.91 Å². The molecule has 1 aromatic carbocycles. The van der Waals surface area contributed by atoms with Gasteiger partial charge in [-0.25, -0.2) is 0 Å². The van der Waals surface area contributed by atoms with Crippen LogP contribution in [0.2, 0.25) is 5.02 Å². The summed E-state index contributed by atoms with van der Waals surface area (Å²) in [7, 11) is 0. The van der Waals surface area contributed by atoms with Gasteiger partial charge in [0, 0.05) is 41.2 Å². The number of piperidine rings is 1. The second kappa shape index (κ2) is 7.83. The van der Waals surface area contributed by atoms with E-state index in [0.717, 1.165) is 60.6 Å². The Labute approximate surface area is 159 Å². The molecule has 26 heavy (non-hydrogen) atoms. The maximum atomic E-state index is 12.9. The molecule has 0 spiro atoms. The molecule has 1 amide bonds. The second-order valence-corrected chi connectivity index (χ2v) is 8.10. The molecule has 1 atom stereocenters. The zero-order valence-electron chi connectivity index (χ0n) is 15.1. The van der Waals surface area contributed by atoms with Crippen molar-refractivity contribution in [3.8, 4) is 11.1 Å². The van der Waals surface area contributed by atoms with Gasteiger partial charge in [-0.15, -0.1) is 0 Å². The number of carbonyl (C=O) groups excluding carboxylic acids is 1. The van der Waals surface area contributed by atoms with Crippen molar-refractivity contribution < 1.29 is 4.79 Å². The fraction of sp³-hybridized carbons (Fsp3) is 0.524. The summed E-state index contributed by atoms with van der Waals surface area (Å²) in [6.45, 7) is 1.70. The molecular weight excluding hydrogens is 346 g/mol. The molecule has 5 heteroatoms. The number of benzene rings is 1. The molecule has 1 aliphatic carbocycles. The number of aromatic nitrogens is 2. The van der Waals surface area contributed by atoms with Crippen LogP contribution in [0.4, 0.5) is 0 Å². The van der Waals surface area contributed by atoms with Crippen molar-refractivity contribution >= 4 is 17.5 Å². The van der Waals surface area contributed by atoms with Crippen molar-refractivity contribution in [2.45, 2.75) is 50.9 Å². The van der Waals surface area contributed by atoms with Crippen LogP contribution in [0.25, 0.3) is 11.1 Å². The molecule has 2 aliphatic rings. The van der Waals surface area contributed by atoms with Crippen molar-refractivity contribution in [3.05, 3.63) is 41.2 Å². The van der Waals surface area contributed by atoms with Gasteiger partial charge in [-0.05, 0) is 43.4 Å². The third-order valence-corrected chi connectivity index (χ3v) is 6.17. The summed E-state index contributed by atoms with van der Waals surface area (Å²) in [5.41, 5.74) is 3.39. The van der Waals surface area contributed by atoms with E-state index in [1.54, 1.807) is 0 Å². The first-order valence-electron chi connectivity index (χ1n) is 9.80. The zero-order valence-corrected chi connectivity index (χ0v) is 15.8. The van der Waals surface area contributed by atoms with Crippen LogP contribution in [0.5, 0.6) is 0 Å². The van der Waals surface area contributed by atoms with Crippen molar-refractivity contribution in [1.29, 1.82) is 0 Å². The second-order valence-electron chi connectivity index (χ2n) is 7.66. The molecule has 2 aromatic rings. The molecule has 138 valence electrons. The predicted octanol–water partition coefficient (Wildman–Crippen LogP) is 5.02. The molecule has 1 saturated heterocycles. The van der Waals surface area contributed by atoms with Gasteiger partial charge >= 0.3 is 0 Å². The molecule has 2 heterocycles. The number of hydrogen-bond acceptors (Lipinski definition) is 2. The molecule has 4 nitrogen and oxygen atoms in total. The van der Waals surface area contributed by atoms with Gasteiger partial charge in [0.1, 0.15) is 0 Å². The van der Waals surface area contributed by atoms with Gasteiger partial charge in [0.05, 0.1) is 6.20 Å². The van der Waals surface area contributed by atoms with E-state index >= 15 is 0 Å². The van der Waals surface area contributed by atoms with E-state index in [9.17, 15) is 4.79 Å². The van der Waals surface area contributed by atoms with Gasteiger partial charge in [-0.2, -0.15) is 5.10 Å². The van der Waals surface area contributed by atoms with E-state index in [4.69, 9.17) is 11.6 Å². The molecule has 0 unspecified atom stereocenters. The summed E-state index contributed by atoms with van der Waals surface area (Å²) in [5.74, 6) is 0.950. The summed E-state index contributed by atoms with van der Waals surface area (Å²) >= 11 is 6.02. The van der Waals surface area contributed by atoms with E-state index < -0.39 is 0 Å². The Morgan fingerprint density at radius 2 is 1.85 bits per heavy atom. The summed E-state index contributed by atoms with van der Waals surface area (Å²) in [6.07, 6.45) is 9.87. The Bertz CT molecular complexity index is 749. The fourth-order valence-corrected chi connectivity index (χ4v) is 4.61. The minimum absolute atomic E-state index is 0.250. The normalized spacial score (nSPS) is 21.7. The van der Waals surface area contributed by atoms with Crippen LogP contribution in [-0.4, -0.2) is 34.1 Å². The highest BCUT2D eigenvalue weighted by molar-refractivity contribution is 6.30. The topological polar surface area (TPSA) is 49.0 Å². The van der Waals surface area contributed by atoms with E-state index in [-0.39, 0.29) is 5.92 Å². The van der Waals surface area contributed by atoms with E-state index in [0.29, 0.717) is 11.8 Å². The average Bonchev–Trinajstić information content (AvgIpc) is 3.19. The van der Waals surface area contributed by atoms with E-state index in [2.05, 4.69) is 15.1 Å². The van der Waals surface area contributed by atoms with Gasteiger partial charge in [-0.1, -0.05) is 43.0 Å². The fourth-order valence-electron chi connectivity index (χ4n) is 4.49. The molecule has 1 N–H and O–H groups in total. The first-order chi connectivity index (χ1) is 12.7. The summed E-state index contributed by atoms with van der Waals surface area (Å²) in [5, 5.41) is 8.24. The van der Waals surface area contributed by atoms with Gasteiger partial charge < -0.3 is 4.90 Å². The van der Waals surface area contributed by atoms with Crippen molar-refractivity contribution in [1.82, 2.24) is 15.1 Å². The van der Waals surface area contributed by atoms with Crippen molar-refractivity contribution in [2.75, 3.05) is 13.1 Å². The smallest absolute Gasteiger partial charge is 0.225 e. The van der Waals surface area contributed by atoms with Gasteiger partial charge in [-0.3, -0.25) is 9.89 Å². The number of nitrogens with one attached hydrogen (secondary N) is 1. The van der Waals surface area contributed by atoms with Gasteiger partial charge in [0.25, 0.3) is 0 Å². The Morgan fingerprint density at radius 1 is 1.08 bits per heavy atom. The number of hydrogen-bond donors (Lipinski definition) is 1. The molecule has 1 aliphatic heterocycles. The van der Waals surface area contributed by atoms with Crippen LogP contribution in [0.1, 0.15) is 56.6 Å². The number of rotatable bonds is 3. The molecule has 4 rings (SSSR count). The lowest BCUT2D eigenvalue weighted by Crippen LogP contribution is -2.43. The van der Waals surface area contributed by atoms with Crippen LogP contribution in [0.15, 0.2) is 30.5 Å². The highest BCUT2D eigenvalue weighted by Crippen LogP contribution is 2.35. The Kier molecular flexibility index (Phi) is 5.30. The standard InChI is InChI=1S/C21H26ClN3O/c22-18-10-8-15(9-11-18)19-13-23-24-20(19)17-7-4-12-25(14-17)21(26)16-5-2-1-3-6-16/h8-11,13,16-17H,1-7,12,14H2,(H,23,24)/t17-/m0/s1. The monoisotopic (exact) mass is 371 g/mol. The highest BCUT2D eigenvalue weighted by atomic mass is 35.5. The number of carbonyl (C=O) groups is 1. The molecule has 2 fully saturated rings. The van der Waals surface area contributed by atoms with Crippen LogP contribution in [0.3, 0.4) is 0 Å². The largest absolute Gasteiger partial charge is 0.342 e. The Balaban J connectivity index is 1.51. The van der Waals surface area contributed by atoms with Gasteiger partial charge in [0.15, 0.2) is 0 Å². The Hall–Kier alpha value is -1.81. The Morgan fingerprint density at radius 3 is 2.62 bits per heavy atom. The van der Waals surface area contributed by atoms with Crippen LogP contribution >= 0.6 is 11.6 Å². The van der Waals surface area contributed by atoms with Crippen LogP contribution in [-0.2, 0) is 4.79 Å². The molecular formula is C21H26ClN3O. The SMILES string of the molecule is O=C(C1CCCCC1)N1CCC[C@H](c2[nH]ncc2-c2ccc(Cl)cc2)C1. The quantitative estimate of drug-likeness (QED) is 0.823. The minimum Gasteiger partial charge on any atom is -0.342 e. The average molecular weight is 372 g/mol. The number of nitrogens with zero attached hydrogens (tertiary/aromatic N) is 2. The number of amides is 1.